The number of ether oxygens (including phenoxy) is 1. The summed E-state index contributed by atoms with van der Waals surface area (Å²) in [4.78, 5) is 0. The van der Waals surface area contributed by atoms with Crippen LogP contribution in [0.5, 0.6) is 0 Å². The van der Waals surface area contributed by atoms with Gasteiger partial charge in [-0.1, -0.05) is 13.8 Å². The molecule has 0 fully saturated rings. The summed E-state index contributed by atoms with van der Waals surface area (Å²) in [5.74, 6) is 0.723. The van der Waals surface area contributed by atoms with Crippen molar-refractivity contribution in [3.05, 3.63) is 17.5 Å². The molecule has 0 unspecified atom stereocenters. The van der Waals surface area contributed by atoms with Crippen molar-refractivity contribution < 1.29 is 4.74 Å². The summed E-state index contributed by atoms with van der Waals surface area (Å²) in [6, 6.07) is 2.10. The highest BCUT2D eigenvalue weighted by Crippen LogP contribution is 2.01. The van der Waals surface area contributed by atoms with Gasteiger partial charge in [-0.15, -0.1) is 0 Å². The highest BCUT2D eigenvalue weighted by molar-refractivity contribution is 5.08. The molecular weight excluding hydrogens is 214 g/mol. The molecule has 0 aromatic carbocycles. The second kappa shape index (κ2) is 7.45. The Morgan fingerprint density at radius 1 is 1.41 bits per heavy atom. The molecule has 0 bridgehead atoms. The van der Waals surface area contributed by atoms with Crippen LogP contribution in [-0.2, 0) is 18.3 Å². The van der Waals surface area contributed by atoms with E-state index >= 15 is 0 Å². The van der Waals surface area contributed by atoms with Crippen molar-refractivity contribution >= 4 is 0 Å². The van der Waals surface area contributed by atoms with Gasteiger partial charge in [0.1, 0.15) is 0 Å². The maximum absolute atomic E-state index is 5.53. The van der Waals surface area contributed by atoms with Gasteiger partial charge in [0, 0.05) is 26.7 Å². The smallest absolute Gasteiger partial charge is 0.0597 e. The summed E-state index contributed by atoms with van der Waals surface area (Å²) in [5, 5.41) is 7.66. The van der Waals surface area contributed by atoms with Crippen molar-refractivity contribution in [2.75, 3.05) is 19.8 Å². The Kier molecular flexibility index (Phi) is 6.22. The molecule has 0 aliphatic carbocycles. The second-order valence-electron chi connectivity index (χ2n) is 4.87. The molecule has 98 valence electrons. The highest BCUT2D eigenvalue weighted by Gasteiger charge is 2.00. The van der Waals surface area contributed by atoms with Crippen molar-refractivity contribution in [2.24, 2.45) is 13.0 Å². The van der Waals surface area contributed by atoms with Crippen LogP contribution in [0.15, 0.2) is 6.07 Å². The van der Waals surface area contributed by atoms with Crippen LogP contribution in [0.25, 0.3) is 0 Å². The molecule has 1 aromatic heterocycles. The van der Waals surface area contributed by atoms with Gasteiger partial charge in [0.25, 0.3) is 0 Å². The molecule has 0 radical (unpaired) electrons. The lowest BCUT2D eigenvalue weighted by atomic mass is 10.1. The molecule has 0 aliphatic rings. The molecule has 1 rings (SSSR count). The second-order valence-corrected chi connectivity index (χ2v) is 4.87. The first kappa shape index (κ1) is 14.2. The molecular formula is C13H25N3O. The first-order valence-corrected chi connectivity index (χ1v) is 6.37. The number of nitrogens with one attached hydrogen (secondary N) is 1. The third-order valence-corrected chi connectivity index (χ3v) is 2.67. The molecule has 4 heteroatoms. The number of aryl methyl sites for hydroxylation is 2. The van der Waals surface area contributed by atoms with Gasteiger partial charge in [-0.2, -0.15) is 5.10 Å². The molecule has 0 saturated heterocycles. The van der Waals surface area contributed by atoms with Gasteiger partial charge in [0.2, 0.25) is 0 Å². The third kappa shape index (κ3) is 5.84. The average Bonchev–Trinajstić information content (AvgIpc) is 2.55. The Bertz CT molecular complexity index is 320. The van der Waals surface area contributed by atoms with Crippen molar-refractivity contribution in [3.63, 3.8) is 0 Å². The number of hydrogen-bond acceptors (Lipinski definition) is 3. The predicted octanol–water partition coefficient (Wildman–Crippen LogP) is 1.88. The van der Waals surface area contributed by atoms with Crippen LogP contribution in [0.1, 0.15) is 31.7 Å². The van der Waals surface area contributed by atoms with E-state index in [1.54, 1.807) is 0 Å². The van der Waals surface area contributed by atoms with Crippen molar-refractivity contribution in [2.45, 2.75) is 33.7 Å². The van der Waals surface area contributed by atoms with E-state index in [0.717, 1.165) is 44.3 Å². The van der Waals surface area contributed by atoms with Crippen LogP contribution < -0.4 is 5.32 Å². The van der Waals surface area contributed by atoms with E-state index in [4.69, 9.17) is 4.74 Å². The molecule has 0 aliphatic heterocycles. The summed E-state index contributed by atoms with van der Waals surface area (Å²) in [6.07, 6.45) is 1.14. The van der Waals surface area contributed by atoms with Crippen LogP contribution in [0.4, 0.5) is 0 Å². The average molecular weight is 239 g/mol. The largest absolute Gasteiger partial charge is 0.380 e. The van der Waals surface area contributed by atoms with Crippen LogP contribution in [0.3, 0.4) is 0 Å². The van der Waals surface area contributed by atoms with E-state index in [9.17, 15) is 0 Å². The minimum Gasteiger partial charge on any atom is -0.380 e. The predicted molar refractivity (Wildman–Crippen MR) is 69.9 cm³/mol. The van der Waals surface area contributed by atoms with E-state index in [-0.39, 0.29) is 0 Å². The fraction of sp³-hybridized carbons (Fsp3) is 0.769. The van der Waals surface area contributed by atoms with Crippen molar-refractivity contribution in [3.8, 4) is 0 Å². The Hall–Kier alpha value is -0.870. The topological polar surface area (TPSA) is 39.1 Å². The van der Waals surface area contributed by atoms with E-state index in [0.29, 0.717) is 0 Å². The first-order valence-electron chi connectivity index (χ1n) is 6.37. The van der Waals surface area contributed by atoms with Crippen molar-refractivity contribution in [1.29, 1.82) is 0 Å². The van der Waals surface area contributed by atoms with Gasteiger partial charge in [-0.3, -0.25) is 4.68 Å². The fourth-order valence-corrected chi connectivity index (χ4v) is 1.61. The van der Waals surface area contributed by atoms with E-state index < -0.39 is 0 Å². The molecule has 1 heterocycles. The van der Waals surface area contributed by atoms with Crippen LogP contribution >= 0.6 is 0 Å². The summed E-state index contributed by atoms with van der Waals surface area (Å²) >= 11 is 0. The Labute approximate surface area is 104 Å². The van der Waals surface area contributed by atoms with Gasteiger partial charge in [0.05, 0.1) is 18.0 Å². The Morgan fingerprint density at radius 3 is 2.76 bits per heavy atom. The SMILES string of the molecule is Cc1cc(CNCCOCCC(C)C)n(C)n1. The molecule has 0 amide bonds. The highest BCUT2D eigenvalue weighted by atomic mass is 16.5. The lowest BCUT2D eigenvalue weighted by Crippen LogP contribution is -2.21. The maximum Gasteiger partial charge on any atom is 0.0597 e. The molecule has 0 saturated carbocycles. The maximum atomic E-state index is 5.53. The van der Waals surface area contributed by atoms with Gasteiger partial charge in [-0.25, -0.2) is 0 Å². The van der Waals surface area contributed by atoms with E-state index in [1.807, 2.05) is 18.7 Å². The monoisotopic (exact) mass is 239 g/mol. The number of rotatable bonds is 8. The van der Waals surface area contributed by atoms with Crippen LogP contribution in [0.2, 0.25) is 0 Å². The Balaban J connectivity index is 2.03. The lowest BCUT2D eigenvalue weighted by Gasteiger charge is -2.07. The van der Waals surface area contributed by atoms with E-state index in [2.05, 4.69) is 30.3 Å². The summed E-state index contributed by atoms with van der Waals surface area (Å²) < 4.78 is 7.45. The molecule has 0 atom stereocenters. The first-order chi connectivity index (χ1) is 8.09. The summed E-state index contributed by atoms with van der Waals surface area (Å²) in [6.45, 7) is 9.83. The minimum absolute atomic E-state index is 0.723. The molecule has 17 heavy (non-hydrogen) atoms. The molecule has 4 nitrogen and oxygen atoms in total. The fourth-order valence-electron chi connectivity index (χ4n) is 1.61. The standard InChI is InChI=1S/C13H25N3O/c1-11(2)5-7-17-8-6-14-10-13-9-12(3)15-16(13)4/h9,11,14H,5-8,10H2,1-4H3. The number of hydrogen-bond donors (Lipinski definition) is 1. The Morgan fingerprint density at radius 2 is 2.18 bits per heavy atom. The van der Waals surface area contributed by atoms with Crippen molar-refractivity contribution in [1.82, 2.24) is 15.1 Å². The number of nitrogens with zero attached hydrogens (tertiary/aromatic N) is 2. The summed E-state index contributed by atoms with van der Waals surface area (Å²) in [5.41, 5.74) is 2.28. The van der Waals surface area contributed by atoms with Gasteiger partial charge >= 0.3 is 0 Å². The molecule has 1 N–H and O–H groups in total. The lowest BCUT2D eigenvalue weighted by molar-refractivity contribution is 0.125. The van der Waals surface area contributed by atoms with Crippen LogP contribution in [-0.4, -0.2) is 29.5 Å². The number of aromatic nitrogens is 2. The zero-order valence-electron chi connectivity index (χ0n) is 11.5. The quantitative estimate of drug-likeness (QED) is 0.704. The van der Waals surface area contributed by atoms with Gasteiger partial charge < -0.3 is 10.1 Å². The normalized spacial score (nSPS) is 11.4. The summed E-state index contributed by atoms with van der Waals surface area (Å²) in [7, 11) is 1.98. The zero-order valence-corrected chi connectivity index (χ0v) is 11.5. The molecule has 1 aromatic rings. The van der Waals surface area contributed by atoms with Gasteiger partial charge in [-0.05, 0) is 25.3 Å². The van der Waals surface area contributed by atoms with E-state index in [1.165, 1.54) is 5.69 Å². The van der Waals surface area contributed by atoms with Gasteiger partial charge in [0.15, 0.2) is 0 Å². The third-order valence-electron chi connectivity index (χ3n) is 2.67. The minimum atomic E-state index is 0.723. The zero-order chi connectivity index (χ0) is 12.7. The molecule has 0 spiro atoms. The van der Waals surface area contributed by atoms with Crippen LogP contribution in [0, 0.1) is 12.8 Å².